The zero-order valence-electron chi connectivity index (χ0n) is 22.9. The average molecular weight is 535 g/mol. The van der Waals surface area contributed by atoms with Gasteiger partial charge in [-0.15, -0.1) is 0 Å². The van der Waals surface area contributed by atoms with Crippen LogP contribution < -0.4 is 24.4 Å². The largest absolute Gasteiger partial charge is 0.493 e. The van der Waals surface area contributed by atoms with Crippen molar-refractivity contribution >= 4 is 23.4 Å². The van der Waals surface area contributed by atoms with E-state index in [1.807, 2.05) is 44.2 Å². The van der Waals surface area contributed by atoms with Crippen LogP contribution >= 0.6 is 11.3 Å². The fraction of sp³-hybridized carbons (Fsp3) is 0.367. The molecule has 0 saturated carbocycles. The molecule has 1 atom stereocenters. The Hall–Kier alpha value is -3.65. The van der Waals surface area contributed by atoms with Gasteiger partial charge in [0.05, 0.1) is 41.7 Å². The summed E-state index contributed by atoms with van der Waals surface area (Å²) in [5.41, 5.74) is 3.48. The van der Waals surface area contributed by atoms with Gasteiger partial charge in [-0.25, -0.2) is 9.79 Å². The Bertz CT molecular complexity index is 1540. The maximum Gasteiger partial charge on any atom is 0.338 e. The molecular formula is C30H34N2O5S. The van der Waals surface area contributed by atoms with Gasteiger partial charge in [0.2, 0.25) is 0 Å². The predicted molar refractivity (Wildman–Crippen MR) is 150 cm³/mol. The molecule has 2 heterocycles. The first-order chi connectivity index (χ1) is 18.1. The van der Waals surface area contributed by atoms with Crippen LogP contribution in [0.1, 0.15) is 70.2 Å². The smallest absolute Gasteiger partial charge is 0.338 e. The topological polar surface area (TPSA) is 79.1 Å². The Morgan fingerprint density at radius 2 is 1.82 bits per heavy atom. The van der Waals surface area contributed by atoms with Gasteiger partial charge in [-0.2, -0.15) is 0 Å². The molecule has 2 aromatic carbocycles. The van der Waals surface area contributed by atoms with Crippen LogP contribution in [-0.2, 0) is 9.53 Å². The van der Waals surface area contributed by atoms with Crippen molar-refractivity contribution < 1.29 is 19.0 Å². The molecule has 7 nitrogen and oxygen atoms in total. The molecule has 0 saturated heterocycles. The van der Waals surface area contributed by atoms with Gasteiger partial charge in [0.15, 0.2) is 16.3 Å². The zero-order chi connectivity index (χ0) is 27.6. The molecule has 200 valence electrons. The monoisotopic (exact) mass is 534 g/mol. The molecule has 0 radical (unpaired) electrons. The summed E-state index contributed by atoms with van der Waals surface area (Å²) >= 11 is 1.30. The predicted octanol–water partition coefficient (Wildman–Crippen LogP) is 4.72. The van der Waals surface area contributed by atoms with Crippen LogP contribution in [0.5, 0.6) is 11.5 Å². The number of ether oxygens (including phenoxy) is 3. The number of benzene rings is 2. The highest BCUT2D eigenvalue weighted by molar-refractivity contribution is 7.07. The van der Waals surface area contributed by atoms with E-state index in [4.69, 9.17) is 14.2 Å². The maximum atomic E-state index is 13.8. The number of rotatable bonds is 8. The van der Waals surface area contributed by atoms with Crippen molar-refractivity contribution in [1.82, 2.24) is 4.57 Å². The lowest BCUT2D eigenvalue weighted by atomic mass is 9.95. The second kappa shape index (κ2) is 11.4. The molecule has 0 spiro atoms. The molecular weight excluding hydrogens is 500 g/mol. The minimum Gasteiger partial charge on any atom is -0.493 e. The van der Waals surface area contributed by atoms with E-state index in [1.165, 1.54) is 16.9 Å². The summed E-state index contributed by atoms with van der Waals surface area (Å²) in [6.07, 6.45) is 1.83. The standard InChI is InChI=1S/C30H34N2O5S/c1-8-36-29(34)26-19(6)31-30-32(27(26)22-13-14-23(37-18(4)5)24(16-22)35-7)28(33)25(38-30)15-20-9-11-21(12-10-20)17(2)3/h9-18,27H,8H2,1-7H3. The van der Waals surface area contributed by atoms with E-state index < -0.39 is 12.0 Å². The van der Waals surface area contributed by atoms with Gasteiger partial charge in [0.1, 0.15) is 0 Å². The molecule has 0 fully saturated rings. The summed E-state index contributed by atoms with van der Waals surface area (Å²) < 4.78 is 19.0. The number of methoxy groups -OCH3 is 1. The van der Waals surface area contributed by atoms with Crippen molar-refractivity contribution in [1.29, 1.82) is 0 Å². The summed E-state index contributed by atoms with van der Waals surface area (Å²) in [6.45, 7) is 11.9. The molecule has 1 aromatic heterocycles. The maximum absolute atomic E-state index is 13.8. The third kappa shape index (κ3) is 5.45. The summed E-state index contributed by atoms with van der Waals surface area (Å²) in [7, 11) is 1.57. The fourth-order valence-corrected chi connectivity index (χ4v) is 5.49. The van der Waals surface area contributed by atoms with E-state index in [0.29, 0.717) is 43.6 Å². The molecule has 8 heteroatoms. The van der Waals surface area contributed by atoms with E-state index in [1.54, 1.807) is 31.6 Å². The number of carbonyl (C=O) groups excluding carboxylic acids is 1. The molecule has 38 heavy (non-hydrogen) atoms. The number of nitrogens with zero attached hydrogens (tertiary/aromatic N) is 2. The molecule has 0 aliphatic carbocycles. The van der Waals surface area contributed by atoms with E-state index in [2.05, 4.69) is 31.0 Å². The molecule has 4 rings (SSSR count). The number of allylic oxidation sites excluding steroid dienone is 1. The molecule has 1 aliphatic heterocycles. The number of fused-ring (bicyclic) bond motifs is 1. The Labute approximate surface area is 226 Å². The van der Waals surface area contributed by atoms with Crippen LogP contribution in [0.3, 0.4) is 0 Å². The van der Waals surface area contributed by atoms with Crippen LogP contribution in [0.4, 0.5) is 0 Å². The van der Waals surface area contributed by atoms with E-state index in [9.17, 15) is 9.59 Å². The first-order valence-corrected chi connectivity index (χ1v) is 13.6. The number of thiazole rings is 1. The Balaban J connectivity index is 1.90. The normalized spacial score (nSPS) is 15.5. The fourth-order valence-electron chi connectivity index (χ4n) is 4.44. The van der Waals surface area contributed by atoms with Crippen molar-refractivity contribution in [2.75, 3.05) is 13.7 Å². The molecule has 3 aromatic rings. The Kier molecular flexibility index (Phi) is 8.21. The molecule has 0 N–H and O–H groups in total. The van der Waals surface area contributed by atoms with Gasteiger partial charge in [-0.3, -0.25) is 9.36 Å². The highest BCUT2D eigenvalue weighted by atomic mass is 32.1. The first kappa shape index (κ1) is 27.4. The minimum absolute atomic E-state index is 0.0424. The van der Waals surface area contributed by atoms with Crippen LogP contribution in [0.25, 0.3) is 6.08 Å². The summed E-state index contributed by atoms with van der Waals surface area (Å²) in [6, 6.07) is 12.9. The van der Waals surface area contributed by atoms with Crippen LogP contribution in [0.2, 0.25) is 0 Å². The van der Waals surface area contributed by atoms with Gasteiger partial charge in [0, 0.05) is 0 Å². The number of aromatic nitrogens is 1. The van der Waals surface area contributed by atoms with Crippen molar-refractivity contribution in [2.24, 2.45) is 4.99 Å². The summed E-state index contributed by atoms with van der Waals surface area (Å²) in [5, 5.41) is 0. The van der Waals surface area contributed by atoms with Crippen LogP contribution in [-0.4, -0.2) is 30.4 Å². The second-order valence-electron chi connectivity index (χ2n) is 9.70. The van der Waals surface area contributed by atoms with E-state index in [0.717, 1.165) is 5.56 Å². The van der Waals surface area contributed by atoms with Gasteiger partial charge in [0.25, 0.3) is 5.56 Å². The van der Waals surface area contributed by atoms with Crippen molar-refractivity contribution in [3.63, 3.8) is 0 Å². The molecule has 0 bridgehead atoms. The van der Waals surface area contributed by atoms with Crippen LogP contribution in [0.15, 0.2) is 63.5 Å². The number of carbonyl (C=O) groups is 1. The molecule has 0 amide bonds. The van der Waals surface area contributed by atoms with Gasteiger partial charge in [-0.05, 0) is 68.5 Å². The summed E-state index contributed by atoms with van der Waals surface area (Å²) in [5.74, 6) is 1.02. The quantitative estimate of drug-likeness (QED) is 0.391. The molecule has 1 unspecified atom stereocenters. The highest BCUT2D eigenvalue weighted by Crippen LogP contribution is 2.36. The van der Waals surface area contributed by atoms with E-state index in [-0.39, 0.29) is 18.3 Å². The number of hydrogen-bond donors (Lipinski definition) is 0. The van der Waals surface area contributed by atoms with Crippen molar-refractivity contribution in [3.05, 3.63) is 90.1 Å². The van der Waals surface area contributed by atoms with Gasteiger partial charge in [-0.1, -0.05) is 55.5 Å². The lowest BCUT2D eigenvalue weighted by Gasteiger charge is -2.25. The number of hydrogen-bond acceptors (Lipinski definition) is 7. The Morgan fingerprint density at radius 3 is 2.42 bits per heavy atom. The van der Waals surface area contributed by atoms with Crippen molar-refractivity contribution in [2.45, 2.75) is 59.6 Å². The van der Waals surface area contributed by atoms with Gasteiger partial charge < -0.3 is 14.2 Å². The van der Waals surface area contributed by atoms with E-state index >= 15 is 0 Å². The average Bonchev–Trinajstić information content (AvgIpc) is 3.17. The highest BCUT2D eigenvalue weighted by Gasteiger charge is 2.34. The zero-order valence-corrected chi connectivity index (χ0v) is 23.7. The van der Waals surface area contributed by atoms with Gasteiger partial charge >= 0.3 is 5.97 Å². The lowest BCUT2D eigenvalue weighted by Crippen LogP contribution is -2.40. The number of esters is 1. The second-order valence-corrected chi connectivity index (χ2v) is 10.7. The molecule has 1 aliphatic rings. The third-order valence-corrected chi connectivity index (χ3v) is 7.27. The lowest BCUT2D eigenvalue weighted by molar-refractivity contribution is -0.139. The minimum atomic E-state index is -0.724. The summed E-state index contributed by atoms with van der Waals surface area (Å²) in [4.78, 5) is 32.2. The Morgan fingerprint density at radius 1 is 1.11 bits per heavy atom. The third-order valence-electron chi connectivity index (χ3n) is 6.28. The first-order valence-electron chi connectivity index (χ1n) is 12.8. The van der Waals surface area contributed by atoms with Crippen molar-refractivity contribution in [3.8, 4) is 11.5 Å². The SMILES string of the molecule is CCOC(=O)C1=C(C)N=c2sc(=Cc3ccc(C(C)C)cc3)c(=O)n2C1c1ccc(OC(C)C)c(OC)c1. The van der Waals surface area contributed by atoms with Crippen LogP contribution in [0, 0.1) is 0 Å².